The minimum atomic E-state index is -0.178. The molecule has 4 rings (SSSR count). The third-order valence-corrected chi connectivity index (χ3v) is 6.80. The summed E-state index contributed by atoms with van der Waals surface area (Å²) in [6.45, 7) is 8.06. The van der Waals surface area contributed by atoms with Crippen LogP contribution >= 0.6 is 0 Å². The summed E-state index contributed by atoms with van der Waals surface area (Å²) in [5.74, 6) is 0.259. The van der Waals surface area contributed by atoms with Gasteiger partial charge >= 0.3 is 6.09 Å². The highest BCUT2D eigenvalue weighted by Gasteiger charge is 2.36. The van der Waals surface area contributed by atoms with Crippen molar-refractivity contribution in [3.63, 3.8) is 0 Å². The molecule has 0 spiro atoms. The minimum Gasteiger partial charge on any atom is -0.450 e. The van der Waals surface area contributed by atoms with E-state index in [1.165, 1.54) is 11.1 Å². The van der Waals surface area contributed by atoms with Gasteiger partial charge in [0.05, 0.1) is 13.0 Å². The number of likely N-dealkylation sites (tertiary alicyclic amines) is 2. The molecule has 158 valence electrons. The van der Waals surface area contributed by atoms with Crippen LogP contribution in [-0.2, 0) is 22.4 Å². The molecule has 0 aromatic heterocycles. The third-order valence-electron chi connectivity index (χ3n) is 6.80. The van der Waals surface area contributed by atoms with Crippen molar-refractivity contribution in [3.8, 4) is 0 Å². The molecule has 0 N–H and O–H groups in total. The molecule has 0 unspecified atom stereocenters. The molecule has 6 heteroatoms. The van der Waals surface area contributed by atoms with Gasteiger partial charge in [-0.15, -0.1) is 0 Å². The summed E-state index contributed by atoms with van der Waals surface area (Å²) in [5, 5.41) is 0. The maximum absolute atomic E-state index is 12.7. The molecule has 0 atom stereocenters. The van der Waals surface area contributed by atoms with Crippen molar-refractivity contribution in [1.82, 2.24) is 9.80 Å². The number of amides is 2. The number of fused-ring (bicyclic) bond motifs is 1. The van der Waals surface area contributed by atoms with E-state index in [-0.39, 0.29) is 12.0 Å². The number of carbonyl (C=O) groups excluding carboxylic acids is 2. The Morgan fingerprint density at radius 3 is 2.38 bits per heavy atom. The van der Waals surface area contributed by atoms with Gasteiger partial charge in [-0.25, -0.2) is 4.79 Å². The van der Waals surface area contributed by atoms with Gasteiger partial charge in [0.25, 0.3) is 0 Å². The topological polar surface area (TPSA) is 53.1 Å². The Morgan fingerprint density at radius 1 is 1.03 bits per heavy atom. The second-order valence-electron chi connectivity index (χ2n) is 8.44. The molecule has 29 heavy (non-hydrogen) atoms. The van der Waals surface area contributed by atoms with Gasteiger partial charge in [0.2, 0.25) is 5.91 Å². The number of carbonyl (C=O) groups is 2. The van der Waals surface area contributed by atoms with Gasteiger partial charge in [-0.2, -0.15) is 0 Å². The van der Waals surface area contributed by atoms with Gasteiger partial charge < -0.3 is 19.4 Å². The molecule has 2 saturated heterocycles. The second-order valence-corrected chi connectivity index (χ2v) is 8.44. The lowest BCUT2D eigenvalue weighted by atomic mass is 9.97. The third kappa shape index (κ3) is 4.13. The van der Waals surface area contributed by atoms with Crippen molar-refractivity contribution in [2.24, 2.45) is 0 Å². The van der Waals surface area contributed by atoms with E-state index >= 15 is 0 Å². The van der Waals surface area contributed by atoms with Gasteiger partial charge in [-0.05, 0) is 56.2 Å². The van der Waals surface area contributed by atoms with Crippen molar-refractivity contribution >= 4 is 17.7 Å². The summed E-state index contributed by atoms with van der Waals surface area (Å²) in [7, 11) is 0. The van der Waals surface area contributed by atoms with Crippen molar-refractivity contribution < 1.29 is 14.3 Å². The number of rotatable bonds is 4. The average molecular weight is 400 g/mol. The lowest BCUT2D eigenvalue weighted by Crippen LogP contribution is -2.52. The van der Waals surface area contributed by atoms with Crippen LogP contribution < -0.4 is 4.90 Å². The quantitative estimate of drug-likeness (QED) is 0.780. The van der Waals surface area contributed by atoms with E-state index in [9.17, 15) is 9.59 Å². The number of piperidine rings is 2. The molecule has 0 bridgehead atoms. The summed E-state index contributed by atoms with van der Waals surface area (Å²) in [4.78, 5) is 31.1. The summed E-state index contributed by atoms with van der Waals surface area (Å²) >= 11 is 0. The molecule has 1 aromatic carbocycles. The predicted molar refractivity (Wildman–Crippen MR) is 113 cm³/mol. The van der Waals surface area contributed by atoms with Crippen LogP contribution in [0.1, 0.15) is 50.7 Å². The maximum atomic E-state index is 12.7. The molecule has 3 heterocycles. The van der Waals surface area contributed by atoms with E-state index < -0.39 is 0 Å². The molecule has 3 aliphatic rings. The number of hydrogen-bond donors (Lipinski definition) is 0. The van der Waals surface area contributed by atoms with Crippen molar-refractivity contribution in [2.45, 2.75) is 64.5 Å². The Bertz CT molecular complexity index is 750. The molecular weight excluding hydrogens is 366 g/mol. The van der Waals surface area contributed by atoms with E-state index in [1.807, 2.05) is 11.8 Å². The summed E-state index contributed by atoms with van der Waals surface area (Å²) in [6.07, 6.45) is 5.44. The Morgan fingerprint density at radius 2 is 1.72 bits per heavy atom. The van der Waals surface area contributed by atoms with Crippen molar-refractivity contribution in [3.05, 3.63) is 29.3 Å². The van der Waals surface area contributed by atoms with E-state index in [4.69, 9.17) is 4.74 Å². The number of benzene rings is 1. The normalized spacial score (nSPS) is 21.5. The van der Waals surface area contributed by atoms with Crippen LogP contribution in [-0.4, -0.2) is 66.7 Å². The zero-order valence-electron chi connectivity index (χ0n) is 17.7. The number of anilines is 1. The second kappa shape index (κ2) is 8.74. The minimum absolute atomic E-state index is 0.178. The number of ether oxygens (including phenoxy) is 1. The molecule has 2 fully saturated rings. The van der Waals surface area contributed by atoms with Crippen molar-refractivity contribution in [2.75, 3.05) is 37.7 Å². The average Bonchev–Trinajstić information content (AvgIpc) is 3.09. The number of nitrogens with zero attached hydrogens (tertiary/aromatic N) is 3. The van der Waals surface area contributed by atoms with Crippen LogP contribution in [0.15, 0.2) is 18.2 Å². The molecule has 6 nitrogen and oxygen atoms in total. The van der Waals surface area contributed by atoms with Gasteiger partial charge in [-0.3, -0.25) is 4.79 Å². The Labute approximate surface area is 173 Å². The van der Waals surface area contributed by atoms with Gasteiger partial charge in [0.1, 0.15) is 0 Å². The molecule has 3 aliphatic heterocycles. The number of aryl methyl sites for hydroxylation is 1. The van der Waals surface area contributed by atoms with Crippen molar-refractivity contribution in [1.29, 1.82) is 0 Å². The predicted octanol–water partition coefficient (Wildman–Crippen LogP) is 3.22. The first kappa shape index (κ1) is 20.2. The van der Waals surface area contributed by atoms with Gasteiger partial charge in [-0.1, -0.05) is 19.1 Å². The fraction of sp³-hybridized carbons (Fsp3) is 0.652. The van der Waals surface area contributed by atoms with Gasteiger partial charge in [0.15, 0.2) is 0 Å². The fourth-order valence-corrected chi connectivity index (χ4v) is 5.12. The maximum Gasteiger partial charge on any atom is 0.409 e. The lowest BCUT2D eigenvalue weighted by Gasteiger charge is -2.43. The first-order valence-electron chi connectivity index (χ1n) is 11.2. The Hall–Kier alpha value is -2.08. The zero-order chi connectivity index (χ0) is 20.4. The van der Waals surface area contributed by atoms with Crippen LogP contribution in [0, 0.1) is 0 Å². The standard InChI is InChI=1S/C23H33N3O3/c1-3-17-5-6-18-16-22(27)26(21(18)15-17)20-9-11-24(12-10-20)19-7-13-25(14-8-19)23(28)29-4-2/h5-6,15,19-20H,3-4,7-14,16H2,1-2H3. The largest absolute Gasteiger partial charge is 0.450 e. The highest BCUT2D eigenvalue weighted by Crippen LogP contribution is 2.35. The molecule has 0 radical (unpaired) electrons. The molecule has 0 saturated carbocycles. The smallest absolute Gasteiger partial charge is 0.409 e. The molecular formula is C23H33N3O3. The van der Waals surface area contributed by atoms with Crippen LogP contribution in [0.5, 0.6) is 0 Å². The van der Waals surface area contributed by atoms with Crippen LogP contribution in [0.25, 0.3) is 0 Å². The van der Waals surface area contributed by atoms with Crippen LogP contribution in [0.4, 0.5) is 10.5 Å². The van der Waals surface area contributed by atoms with Gasteiger partial charge in [0, 0.05) is 44.0 Å². The Kier molecular flexibility index (Phi) is 6.09. The zero-order valence-corrected chi connectivity index (χ0v) is 17.7. The fourth-order valence-electron chi connectivity index (χ4n) is 5.12. The summed E-state index contributed by atoms with van der Waals surface area (Å²) < 4.78 is 5.12. The van der Waals surface area contributed by atoms with Crippen LogP contribution in [0.2, 0.25) is 0 Å². The molecule has 0 aliphatic carbocycles. The van der Waals surface area contributed by atoms with E-state index in [0.717, 1.165) is 64.0 Å². The first-order chi connectivity index (χ1) is 14.1. The Balaban J connectivity index is 1.33. The molecule has 2 amide bonds. The van der Waals surface area contributed by atoms with E-state index in [0.29, 0.717) is 25.1 Å². The van der Waals surface area contributed by atoms with Crippen LogP contribution in [0.3, 0.4) is 0 Å². The first-order valence-corrected chi connectivity index (χ1v) is 11.2. The van der Waals surface area contributed by atoms with E-state index in [1.54, 1.807) is 0 Å². The lowest BCUT2D eigenvalue weighted by molar-refractivity contribution is -0.118. The highest BCUT2D eigenvalue weighted by atomic mass is 16.6. The summed E-state index contributed by atoms with van der Waals surface area (Å²) in [6, 6.07) is 7.36. The SMILES string of the molecule is CCOC(=O)N1CCC(N2CCC(N3C(=O)Cc4ccc(CC)cc43)CC2)CC1. The monoisotopic (exact) mass is 399 g/mol. The number of hydrogen-bond acceptors (Lipinski definition) is 4. The van der Waals surface area contributed by atoms with E-state index in [2.05, 4.69) is 34.9 Å². The molecule has 1 aromatic rings. The summed E-state index contributed by atoms with van der Waals surface area (Å²) in [5.41, 5.74) is 3.63. The highest BCUT2D eigenvalue weighted by molar-refractivity contribution is 6.02.